The van der Waals surface area contributed by atoms with Crippen molar-refractivity contribution in [2.45, 2.75) is 20.4 Å². The number of halogens is 1. The summed E-state index contributed by atoms with van der Waals surface area (Å²) in [6, 6.07) is 1.69. The second-order valence-corrected chi connectivity index (χ2v) is 6.71. The van der Waals surface area contributed by atoms with Crippen LogP contribution in [0, 0.1) is 6.92 Å². The largest absolute Gasteiger partial charge is 0.506 e. The number of carbonyl (C=O) groups excluding carboxylic acids is 1. The summed E-state index contributed by atoms with van der Waals surface area (Å²) in [5.41, 5.74) is 1.68. The molecular formula is C17H21BrNO5+. The number of carbonyl (C=O) groups is 1. The van der Waals surface area contributed by atoms with E-state index in [1.54, 1.807) is 19.9 Å². The Morgan fingerprint density at radius 1 is 1.42 bits per heavy atom. The average molecular weight is 399 g/mol. The van der Waals surface area contributed by atoms with Crippen molar-refractivity contribution < 1.29 is 28.7 Å². The Morgan fingerprint density at radius 2 is 2.12 bits per heavy atom. The molecule has 1 aromatic heterocycles. The van der Waals surface area contributed by atoms with Gasteiger partial charge in [-0.3, -0.25) is 0 Å². The predicted molar refractivity (Wildman–Crippen MR) is 91.5 cm³/mol. The fraction of sp³-hybridized carbons (Fsp3) is 0.471. The van der Waals surface area contributed by atoms with Crippen LogP contribution >= 0.6 is 15.9 Å². The van der Waals surface area contributed by atoms with Crippen LogP contribution in [-0.2, 0) is 16.0 Å². The van der Waals surface area contributed by atoms with Crippen LogP contribution in [0.25, 0.3) is 11.0 Å². The van der Waals surface area contributed by atoms with E-state index in [2.05, 4.69) is 15.9 Å². The fourth-order valence-electron chi connectivity index (χ4n) is 3.12. The minimum Gasteiger partial charge on any atom is -0.506 e. The predicted octanol–water partition coefficient (Wildman–Crippen LogP) is 1.80. The number of fused-ring (bicyclic) bond motifs is 1. The van der Waals surface area contributed by atoms with Gasteiger partial charge in [0.1, 0.15) is 42.3 Å². The molecule has 0 amide bonds. The molecule has 3 rings (SSSR count). The monoisotopic (exact) mass is 398 g/mol. The smallest absolute Gasteiger partial charge is 0.342 e. The molecule has 0 aliphatic carbocycles. The maximum Gasteiger partial charge on any atom is 0.342 e. The normalized spacial score (nSPS) is 15.8. The Kier molecular flexibility index (Phi) is 5.12. The molecule has 24 heavy (non-hydrogen) atoms. The van der Waals surface area contributed by atoms with Gasteiger partial charge >= 0.3 is 5.97 Å². The molecule has 6 nitrogen and oxygen atoms in total. The SMILES string of the molecule is CCOC(=O)c1c(C)oc2cc(Br)c(O)c(C[NH+]3CCOCC3)c12. The molecule has 0 radical (unpaired) electrons. The molecule has 1 fully saturated rings. The van der Waals surface area contributed by atoms with E-state index in [-0.39, 0.29) is 12.4 Å². The van der Waals surface area contributed by atoms with E-state index >= 15 is 0 Å². The van der Waals surface area contributed by atoms with Crippen molar-refractivity contribution in [1.82, 2.24) is 0 Å². The lowest BCUT2D eigenvalue weighted by molar-refractivity contribution is -0.921. The highest BCUT2D eigenvalue weighted by Crippen LogP contribution is 2.38. The molecule has 0 atom stereocenters. The number of phenols is 1. The van der Waals surface area contributed by atoms with Crippen molar-refractivity contribution in [3.8, 4) is 5.75 Å². The van der Waals surface area contributed by atoms with Gasteiger partial charge in [0.05, 0.1) is 29.9 Å². The molecule has 2 heterocycles. The van der Waals surface area contributed by atoms with Crippen molar-refractivity contribution >= 4 is 32.9 Å². The zero-order valence-corrected chi connectivity index (χ0v) is 15.4. The number of phenolic OH excluding ortho intramolecular Hbond substituents is 1. The zero-order chi connectivity index (χ0) is 17.3. The second kappa shape index (κ2) is 7.13. The molecule has 1 aliphatic heterocycles. The van der Waals surface area contributed by atoms with Crippen LogP contribution in [0.1, 0.15) is 28.6 Å². The van der Waals surface area contributed by atoms with Crippen LogP contribution in [0.2, 0.25) is 0 Å². The van der Waals surface area contributed by atoms with Crippen molar-refractivity contribution in [1.29, 1.82) is 0 Å². The van der Waals surface area contributed by atoms with Crippen LogP contribution in [0.3, 0.4) is 0 Å². The Bertz CT molecular complexity index is 764. The number of esters is 1. The fourth-order valence-corrected chi connectivity index (χ4v) is 3.57. The van der Waals surface area contributed by atoms with E-state index in [4.69, 9.17) is 13.9 Å². The number of hydrogen-bond donors (Lipinski definition) is 2. The van der Waals surface area contributed by atoms with Gasteiger partial charge in [0.25, 0.3) is 0 Å². The topological polar surface area (TPSA) is 73.3 Å². The highest BCUT2D eigenvalue weighted by Gasteiger charge is 2.27. The zero-order valence-electron chi connectivity index (χ0n) is 13.8. The molecule has 2 aromatic rings. The summed E-state index contributed by atoms with van der Waals surface area (Å²) in [5, 5.41) is 11.2. The summed E-state index contributed by atoms with van der Waals surface area (Å²) < 4.78 is 16.9. The third-order valence-corrected chi connectivity index (χ3v) is 4.89. The highest BCUT2D eigenvalue weighted by atomic mass is 79.9. The van der Waals surface area contributed by atoms with E-state index in [9.17, 15) is 9.90 Å². The molecule has 130 valence electrons. The number of aromatic hydroxyl groups is 1. The van der Waals surface area contributed by atoms with Crippen molar-refractivity contribution in [3.05, 3.63) is 27.4 Å². The maximum atomic E-state index is 12.4. The van der Waals surface area contributed by atoms with Crippen molar-refractivity contribution in [2.75, 3.05) is 32.9 Å². The first kappa shape index (κ1) is 17.3. The van der Waals surface area contributed by atoms with E-state index in [1.807, 2.05) is 0 Å². The Labute approximate surface area is 148 Å². The number of quaternary nitrogens is 1. The van der Waals surface area contributed by atoms with E-state index in [0.29, 0.717) is 52.1 Å². The summed E-state index contributed by atoms with van der Waals surface area (Å²) in [6.07, 6.45) is 0. The summed E-state index contributed by atoms with van der Waals surface area (Å²) in [7, 11) is 0. The molecule has 1 aliphatic rings. The second-order valence-electron chi connectivity index (χ2n) is 5.85. The first-order chi connectivity index (χ1) is 11.5. The third-order valence-electron chi connectivity index (χ3n) is 4.29. The van der Waals surface area contributed by atoms with Crippen LogP contribution in [0.4, 0.5) is 0 Å². The van der Waals surface area contributed by atoms with Gasteiger partial charge in [0, 0.05) is 5.39 Å². The first-order valence-electron chi connectivity index (χ1n) is 8.04. The minimum atomic E-state index is -0.423. The van der Waals surface area contributed by atoms with Gasteiger partial charge in [0.15, 0.2) is 0 Å². The molecule has 0 spiro atoms. The molecule has 1 saturated heterocycles. The summed E-state index contributed by atoms with van der Waals surface area (Å²) in [5.74, 6) is 0.223. The van der Waals surface area contributed by atoms with Crippen LogP contribution < -0.4 is 4.90 Å². The number of morpholine rings is 1. The lowest BCUT2D eigenvalue weighted by atomic mass is 10.0. The molecule has 0 unspecified atom stereocenters. The number of hydrogen-bond acceptors (Lipinski definition) is 5. The molecule has 2 N–H and O–H groups in total. The third kappa shape index (κ3) is 3.16. The molecule has 0 bridgehead atoms. The Morgan fingerprint density at radius 3 is 2.79 bits per heavy atom. The highest BCUT2D eigenvalue weighted by molar-refractivity contribution is 9.10. The summed E-state index contributed by atoms with van der Waals surface area (Å²) >= 11 is 3.37. The number of furan rings is 1. The average Bonchev–Trinajstić information content (AvgIpc) is 2.88. The van der Waals surface area contributed by atoms with Crippen LogP contribution in [0.15, 0.2) is 15.0 Å². The van der Waals surface area contributed by atoms with Crippen LogP contribution in [0.5, 0.6) is 5.75 Å². The van der Waals surface area contributed by atoms with Gasteiger partial charge in [-0.1, -0.05) is 0 Å². The van der Waals surface area contributed by atoms with Gasteiger partial charge in [0.2, 0.25) is 0 Å². The van der Waals surface area contributed by atoms with Gasteiger partial charge in [-0.2, -0.15) is 0 Å². The standard InChI is InChI=1S/C17H20BrNO5/c1-3-23-17(21)14-10(2)24-13-8-12(18)16(20)11(15(13)14)9-19-4-6-22-7-5-19/h8,20H,3-7,9H2,1-2H3/p+1. The Balaban J connectivity index is 2.13. The quantitative estimate of drug-likeness (QED) is 0.768. The number of rotatable bonds is 4. The lowest BCUT2D eigenvalue weighted by Crippen LogP contribution is -3.12. The molecule has 0 saturated carbocycles. The number of nitrogens with one attached hydrogen (secondary N) is 1. The van der Waals surface area contributed by atoms with Gasteiger partial charge in [-0.15, -0.1) is 0 Å². The summed E-state index contributed by atoms with van der Waals surface area (Å²) in [6.45, 7) is 7.50. The van der Waals surface area contributed by atoms with E-state index < -0.39 is 5.97 Å². The molecule has 1 aromatic carbocycles. The van der Waals surface area contributed by atoms with Gasteiger partial charge < -0.3 is 23.9 Å². The number of benzene rings is 1. The number of aryl methyl sites for hydroxylation is 1. The van der Waals surface area contributed by atoms with Crippen LogP contribution in [-0.4, -0.2) is 44.0 Å². The summed E-state index contributed by atoms with van der Waals surface area (Å²) in [4.78, 5) is 13.7. The number of ether oxygens (including phenoxy) is 2. The molecular weight excluding hydrogens is 378 g/mol. The van der Waals surface area contributed by atoms with Crippen molar-refractivity contribution in [3.63, 3.8) is 0 Å². The Hall–Kier alpha value is -1.57. The van der Waals surface area contributed by atoms with Gasteiger partial charge in [-0.05, 0) is 35.8 Å². The molecule has 7 heteroatoms. The van der Waals surface area contributed by atoms with Gasteiger partial charge in [-0.25, -0.2) is 4.79 Å². The van der Waals surface area contributed by atoms with Crippen molar-refractivity contribution in [2.24, 2.45) is 0 Å². The van der Waals surface area contributed by atoms with E-state index in [0.717, 1.165) is 13.1 Å². The first-order valence-corrected chi connectivity index (χ1v) is 8.84. The van der Waals surface area contributed by atoms with E-state index in [1.165, 1.54) is 4.90 Å². The maximum absolute atomic E-state index is 12.4. The minimum absolute atomic E-state index is 0.146. The lowest BCUT2D eigenvalue weighted by Gasteiger charge is -2.24.